The Bertz CT molecular complexity index is 632. The zero-order valence-corrected chi connectivity index (χ0v) is 12.3. The van der Waals surface area contributed by atoms with Gasteiger partial charge in [-0.2, -0.15) is 13.2 Å². The average Bonchev–Trinajstić information content (AvgIpc) is 2.41. The summed E-state index contributed by atoms with van der Waals surface area (Å²) in [5.74, 6) is 0. The van der Waals surface area contributed by atoms with Gasteiger partial charge in [0.1, 0.15) is 0 Å². The molecule has 2 aromatic rings. The molecule has 0 aliphatic carbocycles. The van der Waals surface area contributed by atoms with Crippen LogP contribution in [0.1, 0.15) is 33.9 Å². The topological polar surface area (TPSA) is 12.0 Å². The van der Waals surface area contributed by atoms with Gasteiger partial charge >= 0.3 is 6.18 Å². The zero-order chi connectivity index (χ0) is 15.6. The van der Waals surface area contributed by atoms with Crippen molar-refractivity contribution in [1.29, 1.82) is 0 Å². The second-order valence-corrected chi connectivity index (χ2v) is 5.20. The van der Waals surface area contributed by atoms with Crippen molar-refractivity contribution in [2.75, 3.05) is 7.05 Å². The highest BCUT2D eigenvalue weighted by Crippen LogP contribution is 2.32. The predicted molar refractivity (Wildman–Crippen MR) is 78.3 cm³/mol. The van der Waals surface area contributed by atoms with Gasteiger partial charge in [-0.05, 0) is 49.7 Å². The molecule has 4 heteroatoms. The maximum Gasteiger partial charge on any atom is 0.416 e. The average molecular weight is 293 g/mol. The molecule has 0 amide bonds. The minimum Gasteiger partial charge on any atom is -0.309 e. The van der Waals surface area contributed by atoms with E-state index in [1.165, 1.54) is 12.1 Å². The van der Waals surface area contributed by atoms with Crippen LogP contribution < -0.4 is 5.32 Å². The van der Waals surface area contributed by atoms with Crippen molar-refractivity contribution in [3.63, 3.8) is 0 Å². The second-order valence-electron chi connectivity index (χ2n) is 5.20. The molecule has 0 saturated heterocycles. The fraction of sp³-hybridized carbons (Fsp3) is 0.294. The van der Waals surface area contributed by atoms with E-state index in [0.717, 1.165) is 22.8 Å². The van der Waals surface area contributed by atoms with Gasteiger partial charge in [-0.1, -0.05) is 35.9 Å². The van der Waals surface area contributed by atoms with E-state index < -0.39 is 11.7 Å². The summed E-state index contributed by atoms with van der Waals surface area (Å²) in [7, 11) is 1.75. The number of aryl methyl sites for hydroxylation is 2. The van der Waals surface area contributed by atoms with Gasteiger partial charge in [0, 0.05) is 0 Å². The first-order chi connectivity index (χ1) is 9.82. The van der Waals surface area contributed by atoms with E-state index in [2.05, 4.69) is 5.32 Å². The van der Waals surface area contributed by atoms with Gasteiger partial charge in [0.25, 0.3) is 0 Å². The molecule has 0 saturated carbocycles. The lowest BCUT2D eigenvalue weighted by Gasteiger charge is -2.21. The van der Waals surface area contributed by atoms with Crippen LogP contribution in [0, 0.1) is 13.8 Å². The molecule has 2 aromatic carbocycles. The van der Waals surface area contributed by atoms with Crippen molar-refractivity contribution in [2.45, 2.75) is 26.1 Å². The summed E-state index contributed by atoms with van der Waals surface area (Å²) in [5, 5.41) is 3.11. The Morgan fingerprint density at radius 2 is 1.71 bits per heavy atom. The Balaban J connectivity index is 2.47. The number of hydrogen-bond acceptors (Lipinski definition) is 1. The molecular formula is C17H18F3N. The predicted octanol–water partition coefficient (Wildman–Crippen LogP) is 4.63. The molecule has 112 valence electrons. The Morgan fingerprint density at radius 1 is 1.00 bits per heavy atom. The highest BCUT2D eigenvalue weighted by atomic mass is 19.4. The molecule has 0 spiro atoms. The smallest absolute Gasteiger partial charge is 0.309 e. The Hall–Kier alpha value is -1.81. The van der Waals surface area contributed by atoms with Crippen LogP contribution in [0.3, 0.4) is 0 Å². The molecule has 0 radical (unpaired) electrons. The van der Waals surface area contributed by atoms with Crippen LogP contribution in [0.4, 0.5) is 13.2 Å². The summed E-state index contributed by atoms with van der Waals surface area (Å²) < 4.78 is 38.5. The Kier molecular flexibility index (Phi) is 4.37. The quantitative estimate of drug-likeness (QED) is 0.870. The van der Waals surface area contributed by atoms with Crippen LogP contribution in [0.2, 0.25) is 0 Å². The molecule has 0 aromatic heterocycles. The third-order valence-corrected chi connectivity index (χ3v) is 3.57. The lowest BCUT2D eigenvalue weighted by molar-refractivity contribution is -0.137. The van der Waals surface area contributed by atoms with E-state index in [0.29, 0.717) is 5.56 Å². The first-order valence-corrected chi connectivity index (χ1v) is 6.74. The number of nitrogens with one attached hydrogen (secondary N) is 1. The minimum absolute atomic E-state index is 0.257. The molecule has 0 aliphatic heterocycles. The fourth-order valence-corrected chi connectivity index (χ4v) is 2.55. The Morgan fingerprint density at radius 3 is 2.29 bits per heavy atom. The lowest BCUT2D eigenvalue weighted by atomic mass is 9.93. The van der Waals surface area contributed by atoms with E-state index in [-0.39, 0.29) is 6.04 Å². The number of rotatable bonds is 3. The summed E-state index contributed by atoms with van der Waals surface area (Å²) in [6.45, 7) is 3.97. The summed E-state index contributed by atoms with van der Waals surface area (Å²) >= 11 is 0. The van der Waals surface area contributed by atoms with Crippen LogP contribution in [0.15, 0.2) is 42.5 Å². The van der Waals surface area contributed by atoms with Gasteiger partial charge in [-0.25, -0.2) is 0 Å². The van der Waals surface area contributed by atoms with E-state index >= 15 is 0 Å². The normalized spacial score (nSPS) is 13.2. The van der Waals surface area contributed by atoms with Crippen molar-refractivity contribution in [3.8, 4) is 0 Å². The second kappa shape index (κ2) is 5.90. The van der Waals surface area contributed by atoms with Crippen molar-refractivity contribution in [2.24, 2.45) is 0 Å². The van der Waals surface area contributed by atoms with Gasteiger partial charge in [0.2, 0.25) is 0 Å². The first-order valence-electron chi connectivity index (χ1n) is 6.74. The van der Waals surface area contributed by atoms with Gasteiger partial charge in [-0.3, -0.25) is 0 Å². The molecule has 1 N–H and O–H groups in total. The molecule has 0 heterocycles. The van der Waals surface area contributed by atoms with Gasteiger partial charge in [-0.15, -0.1) is 0 Å². The standard InChI is InChI=1S/C17H18F3N/c1-11-7-8-15(12(2)9-11)16(21-3)13-5-4-6-14(10-13)17(18,19)20/h4-10,16,21H,1-3H3. The molecule has 1 unspecified atom stereocenters. The monoisotopic (exact) mass is 293 g/mol. The molecule has 0 aliphatic rings. The highest BCUT2D eigenvalue weighted by molar-refractivity contribution is 5.40. The van der Waals surface area contributed by atoms with E-state index in [1.807, 2.05) is 32.0 Å². The van der Waals surface area contributed by atoms with Gasteiger partial charge in [0.15, 0.2) is 0 Å². The largest absolute Gasteiger partial charge is 0.416 e. The molecule has 1 nitrogen and oxygen atoms in total. The van der Waals surface area contributed by atoms with E-state index in [1.54, 1.807) is 13.1 Å². The fourth-order valence-electron chi connectivity index (χ4n) is 2.55. The third-order valence-electron chi connectivity index (χ3n) is 3.57. The van der Waals surface area contributed by atoms with Crippen LogP contribution >= 0.6 is 0 Å². The highest BCUT2D eigenvalue weighted by Gasteiger charge is 2.31. The number of halogens is 3. The van der Waals surface area contributed by atoms with Gasteiger partial charge < -0.3 is 5.32 Å². The first kappa shape index (κ1) is 15.6. The summed E-state index contributed by atoms with van der Waals surface area (Å²) in [4.78, 5) is 0. The molecule has 2 rings (SSSR count). The van der Waals surface area contributed by atoms with Crippen molar-refractivity contribution in [3.05, 3.63) is 70.3 Å². The number of benzene rings is 2. The Labute approximate surface area is 122 Å². The van der Waals surface area contributed by atoms with Crippen LogP contribution in [0.5, 0.6) is 0 Å². The van der Waals surface area contributed by atoms with Crippen molar-refractivity contribution >= 4 is 0 Å². The number of hydrogen-bond donors (Lipinski definition) is 1. The third kappa shape index (κ3) is 3.45. The SMILES string of the molecule is CNC(c1cccc(C(F)(F)F)c1)c1ccc(C)cc1C. The summed E-state index contributed by atoms with van der Waals surface area (Å²) in [5.41, 5.74) is 3.17. The summed E-state index contributed by atoms with van der Waals surface area (Å²) in [6, 6.07) is 11.2. The van der Waals surface area contributed by atoms with E-state index in [9.17, 15) is 13.2 Å². The lowest BCUT2D eigenvalue weighted by Crippen LogP contribution is -2.19. The molecule has 0 fully saturated rings. The minimum atomic E-state index is -4.32. The van der Waals surface area contributed by atoms with Crippen LogP contribution in [0.25, 0.3) is 0 Å². The zero-order valence-electron chi connectivity index (χ0n) is 12.3. The molecule has 21 heavy (non-hydrogen) atoms. The maximum atomic E-state index is 12.8. The molecule has 1 atom stereocenters. The number of alkyl halides is 3. The van der Waals surface area contributed by atoms with E-state index in [4.69, 9.17) is 0 Å². The molecule has 0 bridgehead atoms. The van der Waals surface area contributed by atoms with Crippen LogP contribution in [-0.4, -0.2) is 7.05 Å². The van der Waals surface area contributed by atoms with Gasteiger partial charge in [0.05, 0.1) is 11.6 Å². The van der Waals surface area contributed by atoms with Crippen molar-refractivity contribution in [1.82, 2.24) is 5.32 Å². The van der Waals surface area contributed by atoms with Crippen molar-refractivity contribution < 1.29 is 13.2 Å². The summed E-state index contributed by atoms with van der Waals surface area (Å²) in [6.07, 6.45) is -4.32. The molecular weight excluding hydrogens is 275 g/mol. The van der Waals surface area contributed by atoms with Crippen LogP contribution in [-0.2, 0) is 6.18 Å². The maximum absolute atomic E-state index is 12.8.